The molecule has 0 bridgehead atoms. The highest BCUT2D eigenvalue weighted by Crippen LogP contribution is 2.14. The number of ether oxygens (including phenoxy) is 1. The molecular formula is C15H21NO2. The molecule has 0 unspecified atom stereocenters. The molecule has 3 nitrogen and oxygen atoms in total. The molecule has 18 heavy (non-hydrogen) atoms. The molecule has 0 amide bonds. The topological polar surface area (TPSA) is 52.3 Å². The van der Waals surface area contributed by atoms with Crippen LogP contribution >= 0.6 is 0 Å². The highest BCUT2D eigenvalue weighted by molar-refractivity contribution is 5.90. The van der Waals surface area contributed by atoms with Crippen LogP contribution in [0.4, 0.5) is 0 Å². The summed E-state index contributed by atoms with van der Waals surface area (Å²) < 4.78 is 5.32. The van der Waals surface area contributed by atoms with Gasteiger partial charge in [0.15, 0.2) is 0 Å². The summed E-state index contributed by atoms with van der Waals surface area (Å²) in [6.07, 6.45) is 4.78. The van der Waals surface area contributed by atoms with Crippen molar-refractivity contribution in [2.24, 2.45) is 5.73 Å². The van der Waals surface area contributed by atoms with E-state index in [0.29, 0.717) is 12.1 Å². The first-order valence-electron chi connectivity index (χ1n) is 6.12. The van der Waals surface area contributed by atoms with Gasteiger partial charge in [0.25, 0.3) is 0 Å². The number of carbonyl (C=O) groups excluding carboxylic acids is 1. The SMILES string of the molecule is CC(C)(C)OC(=O)c1cccc(C=CCCN)c1. The number of esters is 1. The smallest absolute Gasteiger partial charge is 0.338 e. The fourth-order valence-electron chi connectivity index (χ4n) is 1.42. The Hall–Kier alpha value is -1.61. The predicted molar refractivity (Wildman–Crippen MR) is 74.3 cm³/mol. The molecule has 1 rings (SSSR count). The average Bonchev–Trinajstić information content (AvgIpc) is 2.27. The van der Waals surface area contributed by atoms with Crippen LogP contribution in [-0.2, 0) is 4.74 Å². The summed E-state index contributed by atoms with van der Waals surface area (Å²) in [5.74, 6) is -0.295. The summed E-state index contributed by atoms with van der Waals surface area (Å²) in [6.45, 7) is 6.20. The molecule has 0 fully saturated rings. The predicted octanol–water partition coefficient (Wildman–Crippen LogP) is 3.00. The Morgan fingerprint density at radius 2 is 2.11 bits per heavy atom. The van der Waals surface area contributed by atoms with Crippen LogP contribution in [0, 0.1) is 0 Å². The highest BCUT2D eigenvalue weighted by atomic mass is 16.6. The van der Waals surface area contributed by atoms with Gasteiger partial charge in [-0.3, -0.25) is 0 Å². The van der Waals surface area contributed by atoms with Crippen LogP contribution in [-0.4, -0.2) is 18.1 Å². The van der Waals surface area contributed by atoms with E-state index >= 15 is 0 Å². The maximum atomic E-state index is 11.9. The Balaban J connectivity index is 2.78. The van der Waals surface area contributed by atoms with Crippen molar-refractivity contribution < 1.29 is 9.53 Å². The Labute approximate surface area is 109 Å². The summed E-state index contributed by atoms with van der Waals surface area (Å²) in [5.41, 5.74) is 6.49. The summed E-state index contributed by atoms with van der Waals surface area (Å²) in [7, 11) is 0. The largest absolute Gasteiger partial charge is 0.456 e. The zero-order chi connectivity index (χ0) is 13.6. The first kappa shape index (κ1) is 14.5. The highest BCUT2D eigenvalue weighted by Gasteiger charge is 2.17. The molecule has 0 aliphatic carbocycles. The summed E-state index contributed by atoms with van der Waals surface area (Å²) in [4.78, 5) is 11.9. The minimum absolute atomic E-state index is 0.295. The van der Waals surface area contributed by atoms with Crippen LogP contribution < -0.4 is 5.73 Å². The van der Waals surface area contributed by atoms with Crippen molar-refractivity contribution in [1.29, 1.82) is 0 Å². The molecule has 0 spiro atoms. The molecule has 3 heteroatoms. The lowest BCUT2D eigenvalue weighted by atomic mass is 10.1. The lowest BCUT2D eigenvalue weighted by molar-refractivity contribution is 0.00695. The van der Waals surface area contributed by atoms with E-state index in [9.17, 15) is 4.79 Å². The number of benzene rings is 1. The van der Waals surface area contributed by atoms with Gasteiger partial charge in [0.1, 0.15) is 5.60 Å². The maximum Gasteiger partial charge on any atom is 0.338 e. The van der Waals surface area contributed by atoms with Gasteiger partial charge in [-0.15, -0.1) is 0 Å². The van der Waals surface area contributed by atoms with E-state index in [0.717, 1.165) is 12.0 Å². The molecule has 0 saturated carbocycles. The van der Waals surface area contributed by atoms with E-state index < -0.39 is 5.60 Å². The molecule has 0 saturated heterocycles. The van der Waals surface area contributed by atoms with Crippen LogP contribution in [0.5, 0.6) is 0 Å². The summed E-state index contributed by atoms with van der Waals surface area (Å²) in [5, 5.41) is 0. The third-order valence-corrected chi connectivity index (χ3v) is 2.16. The molecule has 1 aromatic rings. The Morgan fingerprint density at radius 3 is 2.72 bits per heavy atom. The number of carbonyl (C=O) groups is 1. The average molecular weight is 247 g/mol. The van der Waals surface area contributed by atoms with Gasteiger partial charge in [0.2, 0.25) is 0 Å². The van der Waals surface area contributed by atoms with E-state index in [1.807, 2.05) is 51.1 Å². The molecule has 0 atom stereocenters. The monoisotopic (exact) mass is 247 g/mol. The van der Waals surface area contributed by atoms with Crippen molar-refractivity contribution in [3.05, 3.63) is 41.5 Å². The molecule has 2 N–H and O–H groups in total. The van der Waals surface area contributed by atoms with E-state index in [1.165, 1.54) is 0 Å². The first-order valence-corrected chi connectivity index (χ1v) is 6.12. The van der Waals surface area contributed by atoms with Gasteiger partial charge >= 0.3 is 5.97 Å². The normalized spacial score (nSPS) is 11.8. The summed E-state index contributed by atoms with van der Waals surface area (Å²) >= 11 is 0. The van der Waals surface area contributed by atoms with Gasteiger partial charge in [-0.1, -0.05) is 24.3 Å². The van der Waals surface area contributed by atoms with E-state index in [-0.39, 0.29) is 5.97 Å². The first-order chi connectivity index (χ1) is 8.42. The van der Waals surface area contributed by atoms with Crippen molar-refractivity contribution in [2.75, 3.05) is 6.54 Å². The number of hydrogen-bond acceptors (Lipinski definition) is 3. The molecular weight excluding hydrogens is 226 g/mol. The van der Waals surface area contributed by atoms with Crippen LogP contribution in [0.2, 0.25) is 0 Å². The maximum absolute atomic E-state index is 11.9. The second kappa shape index (κ2) is 6.36. The molecule has 1 aromatic carbocycles. The van der Waals surface area contributed by atoms with E-state index in [4.69, 9.17) is 10.5 Å². The Kier molecular flexibility index (Phi) is 5.10. The van der Waals surface area contributed by atoms with Gasteiger partial charge in [-0.2, -0.15) is 0 Å². The molecule has 0 aliphatic heterocycles. The fraction of sp³-hybridized carbons (Fsp3) is 0.400. The zero-order valence-electron chi connectivity index (χ0n) is 11.3. The van der Waals surface area contributed by atoms with Crippen LogP contribution in [0.25, 0.3) is 6.08 Å². The van der Waals surface area contributed by atoms with Crippen LogP contribution in [0.15, 0.2) is 30.3 Å². The van der Waals surface area contributed by atoms with Crippen molar-refractivity contribution in [1.82, 2.24) is 0 Å². The zero-order valence-corrected chi connectivity index (χ0v) is 11.3. The second-order valence-corrected chi connectivity index (χ2v) is 5.11. The van der Waals surface area contributed by atoms with Gasteiger partial charge in [0.05, 0.1) is 5.56 Å². The third-order valence-electron chi connectivity index (χ3n) is 2.16. The van der Waals surface area contributed by atoms with Gasteiger partial charge in [-0.05, 0) is 51.4 Å². The number of hydrogen-bond donors (Lipinski definition) is 1. The second-order valence-electron chi connectivity index (χ2n) is 5.11. The van der Waals surface area contributed by atoms with Crippen LogP contribution in [0.1, 0.15) is 43.1 Å². The van der Waals surface area contributed by atoms with Gasteiger partial charge in [0, 0.05) is 0 Å². The third kappa shape index (κ3) is 5.15. The standard InChI is InChI=1S/C15H21NO2/c1-15(2,3)18-14(17)13-9-6-8-12(11-13)7-4-5-10-16/h4,6-9,11H,5,10,16H2,1-3H3. The minimum atomic E-state index is -0.470. The number of nitrogens with two attached hydrogens (primary N) is 1. The van der Waals surface area contributed by atoms with Gasteiger partial charge < -0.3 is 10.5 Å². The molecule has 0 aliphatic rings. The fourth-order valence-corrected chi connectivity index (χ4v) is 1.42. The lowest BCUT2D eigenvalue weighted by Crippen LogP contribution is -2.23. The van der Waals surface area contributed by atoms with E-state index in [2.05, 4.69) is 0 Å². The molecule has 98 valence electrons. The molecule has 0 heterocycles. The lowest BCUT2D eigenvalue weighted by Gasteiger charge is -2.19. The van der Waals surface area contributed by atoms with Crippen LogP contribution in [0.3, 0.4) is 0 Å². The number of rotatable bonds is 4. The van der Waals surface area contributed by atoms with Crippen molar-refractivity contribution in [2.45, 2.75) is 32.8 Å². The molecule has 0 aromatic heterocycles. The van der Waals surface area contributed by atoms with Crippen molar-refractivity contribution in [3.63, 3.8) is 0 Å². The van der Waals surface area contributed by atoms with Crippen molar-refractivity contribution >= 4 is 12.0 Å². The Bertz CT molecular complexity index is 430. The quantitative estimate of drug-likeness (QED) is 0.832. The molecule has 0 radical (unpaired) electrons. The van der Waals surface area contributed by atoms with Gasteiger partial charge in [-0.25, -0.2) is 4.79 Å². The van der Waals surface area contributed by atoms with Crippen molar-refractivity contribution in [3.8, 4) is 0 Å². The Morgan fingerprint density at radius 1 is 1.39 bits per heavy atom. The minimum Gasteiger partial charge on any atom is -0.456 e. The van der Waals surface area contributed by atoms with E-state index in [1.54, 1.807) is 6.07 Å². The summed E-state index contributed by atoms with van der Waals surface area (Å²) in [6, 6.07) is 7.37.